The molecule has 0 fully saturated rings. The van der Waals surface area contributed by atoms with Crippen LogP contribution in [0.4, 0.5) is 22.7 Å². The molecular weight excluding hydrogens is 558 g/mol. The Labute approximate surface area is 251 Å². The molecule has 5 aromatic carbocycles. The molecule has 0 aromatic heterocycles. The van der Waals surface area contributed by atoms with Gasteiger partial charge in [-0.2, -0.15) is 0 Å². The Balaban J connectivity index is 1.39. The van der Waals surface area contributed by atoms with E-state index >= 15 is 0 Å². The lowest BCUT2D eigenvalue weighted by Gasteiger charge is -2.29. The van der Waals surface area contributed by atoms with Gasteiger partial charge in [-0.1, -0.05) is 91.9 Å². The Morgan fingerprint density at radius 2 is 1.49 bits per heavy atom. The third-order valence-electron chi connectivity index (χ3n) is 7.95. The first-order valence-electron chi connectivity index (χ1n) is 14.1. The second-order valence-electron chi connectivity index (χ2n) is 10.5. The Hall–Kier alpha value is -4.95. The molecule has 216 valence electrons. The summed E-state index contributed by atoms with van der Waals surface area (Å²) in [5.74, 6) is -0.757. The predicted molar refractivity (Wildman–Crippen MR) is 172 cm³/mol. The van der Waals surface area contributed by atoms with Crippen molar-refractivity contribution in [2.75, 3.05) is 21.6 Å². The summed E-state index contributed by atoms with van der Waals surface area (Å²) in [4.78, 5) is 27.5. The number of amides is 2. The van der Waals surface area contributed by atoms with E-state index in [9.17, 15) is 18.0 Å². The molecule has 8 heteroatoms. The van der Waals surface area contributed by atoms with Crippen molar-refractivity contribution in [3.8, 4) is 0 Å². The normalized spacial score (nSPS) is 14.1. The fourth-order valence-electron chi connectivity index (χ4n) is 5.76. The first kappa shape index (κ1) is 28.2. The summed E-state index contributed by atoms with van der Waals surface area (Å²) in [6, 6.07) is 35.1. The van der Waals surface area contributed by atoms with Crippen LogP contribution in [0.2, 0.25) is 0 Å². The quantitative estimate of drug-likeness (QED) is 0.208. The SMILES string of the molecule is CCc1ccccc1C(c1ccccc1)S(=O)(=O)N(C)c1ccc(N2C(=O)CC(=O)Nc3c2ccc2ccccc32)cc1. The van der Waals surface area contributed by atoms with Crippen molar-refractivity contribution in [2.45, 2.75) is 25.0 Å². The number of hydrogen-bond donors (Lipinski definition) is 1. The van der Waals surface area contributed by atoms with Crippen molar-refractivity contribution < 1.29 is 18.0 Å². The molecule has 0 saturated carbocycles. The van der Waals surface area contributed by atoms with Crippen LogP contribution in [0.5, 0.6) is 0 Å². The fraction of sp³-hybridized carbons (Fsp3) is 0.143. The topological polar surface area (TPSA) is 86.8 Å². The Bertz CT molecular complexity index is 1940. The van der Waals surface area contributed by atoms with Gasteiger partial charge in [0.25, 0.3) is 0 Å². The number of nitrogens with one attached hydrogen (secondary N) is 1. The number of carbonyl (C=O) groups excluding carboxylic acids is 2. The molecule has 1 heterocycles. The first-order valence-corrected chi connectivity index (χ1v) is 15.6. The Kier molecular flexibility index (Phi) is 7.46. The van der Waals surface area contributed by atoms with Gasteiger partial charge in [0.2, 0.25) is 21.8 Å². The minimum atomic E-state index is -3.93. The highest BCUT2D eigenvalue weighted by Gasteiger charge is 2.35. The Morgan fingerprint density at radius 1 is 0.814 bits per heavy atom. The van der Waals surface area contributed by atoms with Crippen molar-refractivity contribution in [1.29, 1.82) is 0 Å². The van der Waals surface area contributed by atoms with E-state index in [2.05, 4.69) is 5.32 Å². The van der Waals surface area contributed by atoms with Crippen LogP contribution in [0, 0.1) is 0 Å². The molecular formula is C35H31N3O4S. The first-order chi connectivity index (χ1) is 20.8. The summed E-state index contributed by atoms with van der Waals surface area (Å²) in [5.41, 5.74) is 4.51. The summed E-state index contributed by atoms with van der Waals surface area (Å²) in [5, 5.41) is 3.77. The zero-order valence-corrected chi connectivity index (χ0v) is 24.7. The number of hydrogen-bond acceptors (Lipinski definition) is 4. The van der Waals surface area contributed by atoms with Gasteiger partial charge in [0, 0.05) is 18.1 Å². The lowest BCUT2D eigenvalue weighted by Crippen LogP contribution is -2.32. The molecule has 5 aromatic rings. The molecule has 0 aliphatic carbocycles. The summed E-state index contributed by atoms with van der Waals surface area (Å²) in [6.45, 7) is 2.02. The van der Waals surface area contributed by atoms with Gasteiger partial charge in [-0.05, 0) is 58.8 Å². The summed E-state index contributed by atoms with van der Waals surface area (Å²) in [6.07, 6.45) is 0.389. The maximum atomic E-state index is 14.3. The smallest absolute Gasteiger partial charge is 0.246 e. The molecule has 0 spiro atoms. The van der Waals surface area contributed by atoms with Gasteiger partial charge in [-0.15, -0.1) is 0 Å². The average Bonchev–Trinajstić information content (AvgIpc) is 3.16. The molecule has 1 unspecified atom stereocenters. The average molecular weight is 590 g/mol. The van der Waals surface area contributed by atoms with Crippen molar-refractivity contribution in [3.05, 3.63) is 132 Å². The van der Waals surface area contributed by atoms with Crippen LogP contribution in [0.15, 0.2) is 115 Å². The zero-order valence-electron chi connectivity index (χ0n) is 23.9. The van der Waals surface area contributed by atoms with Crippen LogP contribution in [-0.4, -0.2) is 27.3 Å². The molecule has 1 N–H and O–H groups in total. The molecule has 1 atom stereocenters. The minimum absolute atomic E-state index is 0.311. The van der Waals surface area contributed by atoms with Crippen molar-refractivity contribution in [1.82, 2.24) is 0 Å². The van der Waals surface area contributed by atoms with E-state index in [1.165, 1.54) is 9.21 Å². The van der Waals surface area contributed by atoms with Crippen LogP contribution >= 0.6 is 0 Å². The van der Waals surface area contributed by atoms with E-state index in [1.54, 1.807) is 31.3 Å². The highest BCUT2D eigenvalue weighted by atomic mass is 32.2. The standard InChI is InChI=1S/C35H31N3O4S/c1-3-24-11-7-10-16-30(24)35(26-13-5-4-6-14-26)43(41,42)37(2)27-18-20-28(21-19-27)38-31-22-17-25-12-8-9-15-29(25)34(31)36-32(39)23-33(38)40/h4-22,35H,3,23H2,1-2H3,(H,36,39). The van der Waals surface area contributed by atoms with E-state index < -0.39 is 15.3 Å². The van der Waals surface area contributed by atoms with E-state index in [0.717, 1.165) is 21.9 Å². The number of carbonyl (C=O) groups is 2. The van der Waals surface area contributed by atoms with Crippen LogP contribution in [0.25, 0.3) is 10.8 Å². The van der Waals surface area contributed by atoms with Gasteiger partial charge < -0.3 is 5.32 Å². The second-order valence-corrected chi connectivity index (χ2v) is 12.6. The van der Waals surface area contributed by atoms with E-state index in [0.29, 0.717) is 34.7 Å². The molecule has 1 aliphatic rings. The van der Waals surface area contributed by atoms with Gasteiger partial charge >= 0.3 is 0 Å². The van der Waals surface area contributed by atoms with Crippen LogP contribution in [0.1, 0.15) is 35.3 Å². The number of sulfonamides is 1. The number of nitrogens with zero attached hydrogens (tertiary/aromatic N) is 2. The summed E-state index contributed by atoms with van der Waals surface area (Å²) >= 11 is 0. The monoisotopic (exact) mass is 589 g/mol. The molecule has 2 amide bonds. The zero-order chi connectivity index (χ0) is 30.1. The lowest BCUT2D eigenvalue weighted by atomic mass is 9.98. The van der Waals surface area contributed by atoms with Gasteiger partial charge in [-0.25, -0.2) is 8.42 Å². The maximum absolute atomic E-state index is 14.3. The van der Waals surface area contributed by atoms with Gasteiger partial charge in [-0.3, -0.25) is 18.8 Å². The Morgan fingerprint density at radius 3 is 2.23 bits per heavy atom. The fourth-order valence-corrected chi connectivity index (χ4v) is 7.55. The number of anilines is 4. The number of rotatable bonds is 7. The number of fused-ring (bicyclic) bond motifs is 3. The third kappa shape index (κ3) is 5.15. The molecule has 0 radical (unpaired) electrons. The molecule has 0 bridgehead atoms. The van der Waals surface area contributed by atoms with Crippen LogP contribution in [-0.2, 0) is 26.0 Å². The molecule has 7 nitrogen and oxygen atoms in total. The summed E-state index contributed by atoms with van der Waals surface area (Å²) in [7, 11) is -2.38. The molecule has 43 heavy (non-hydrogen) atoms. The lowest BCUT2D eigenvalue weighted by molar-refractivity contribution is -0.124. The van der Waals surface area contributed by atoms with Crippen molar-refractivity contribution in [2.24, 2.45) is 0 Å². The number of benzene rings is 5. The van der Waals surface area contributed by atoms with E-state index in [4.69, 9.17) is 0 Å². The van der Waals surface area contributed by atoms with Gasteiger partial charge in [0.05, 0.1) is 17.1 Å². The highest BCUT2D eigenvalue weighted by molar-refractivity contribution is 7.93. The van der Waals surface area contributed by atoms with Crippen LogP contribution < -0.4 is 14.5 Å². The van der Waals surface area contributed by atoms with Crippen molar-refractivity contribution in [3.63, 3.8) is 0 Å². The highest BCUT2D eigenvalue weighted by Crippen LogP contribution is 2.41. The third-order valence-corrected chi connectivity index (χ3v) is 10.0. The van der Waals surface area contributed by atoms with E-state index in [-0.39, 0.29) is 18.2 Å². The van der Waals surface area contributed by atoms with E-state index in [1.807, 2.05) is 97.9 Å². The number of aryl methyl sites for hydroxylation is 1. The molecule has 0 saturated heterocycles. The van der Waals surface area contributed by atoms with Gasteiger partial charge in [0.1, 0.15) is 11.7 Å². The molecule has 6 rings (SSSR count). The summed E-state index contributed by atoms with van der Waals surface area (Å²) < 4.78 is 30.0. The second kappa shape index (κ2) is 11.4. The van der Waals surface area contributed by atoms with Crippen molar-refractivity contribution >= 4 is 55.4 Å². The van der Waals surface area contributed by atoms with Crippen LogP contribution in [0.3, 0.4) is 0 Å². The molecule has 1 aliphatic heterocycles. The predicted octanol–water partition coefficient (Wildman–Crippen LogP) is 6.96. The maximum Gasteiger partial charge on any atom is 0.246 e. The largest absolute Gasteiger partial charge is 0.323 e. The van der Waals surface area contributed by atoms with Gasteiger partial charge in [0.15, 0.2) is 0 Å². The minimum Gasteiger partial charge on any atom is -0.323 e.